The molecule has 3 heteroatoms. The first-order valence-corrected chi connectivity index (χ1v) is 9.73. The van der Waals surface area contributed by atoms with Gasteiger partial charge in [-0.2, -0.15) is 0 Å². The summed E-state index contributed by atoms with van der Waals surface area (Å²) in [4.78, 5) is 12.1. The van der Waals surface area contributed by atoms with E-state index in [0.717, 1.165) is 36.1 Å². The first-order valence-electron chi connectivity index (χ1n) is 9.73. The van der Waals surface area contributed by atoms with Gasteiger partial charge in [0, 0.05) is 30.2 Å². The molecule has 3 nitrogen and oxygen atoms in total. The zero-order valence-electron chi connectivity index (χ0n) is 15.3. The molecule has 2 aliphatic carbocycles. The van der Waals surface area contributed by atoms with E-state index >= 15 is 0 Å². The van der Waals surface area contributed by atoms with E-state index in [9.17, 15) is 9.90 Å². The maximum atomic E-state index is 12.1. The molecule has 0 amide bonds. The van der Waals surface area contributed by atoms with Crippen LogP contribution in [0.15, 0.2) is 18.2 Å². The maximum absolute atomic E-state index is 12.1. The quantitative estimate of drug-likeness (QED) is 0.748. The molecule has 1 aromatic carbocycles. The van der Waals surface area contributed by atoms with Crippen molar-refractivity contribution in [2.24, 2.45) is 5.92 Å². The van der Waals surface area contributed by atoms with E-state index in [1.54, 1.807) is 0 Å². The summed E-state index contributed by atoms with van der Waals surface area (Å²) in [6, 6.07) is 4.00. The summed E-state index contributed by atoms with van der Waals surface area (Å²) >= 11 is 0. The number of rotatable bonds is 1. The minimum atomic E-state index is -0.304. The van der Waals surface area contributed by atoms with Crippen molar-refractivity contribution in [1.29, 1.82) is 0 Å². The fraction of sp³-hybridized carbons (Fsp3) is 0.591. The predicted molar refractivity (Wildman–Crippen MR) is 99.0 cm³/mol. The Hall–Kier alpha value is -1.77. The van der Waals surface area contributed by atoms with Crippen molar-refractivity contribution < 1.29 is 14.6 Å². The Morgan fingerprint density at radius 2 is 2.00 bits per heavy atom. The highest BCUT2D eigenvalue weighted by Gasteiger charge is 2.47. The second-order valence-electron chi connectivity index (χ2n) is 8.44. The number of carbonyl (C=O) groups is 1. The molecule has 1 saturated carbocycles. The van der Waals surface area contributed by atoms with Crippen LogP contribution in [0.3, 0.4) is 0 Å². The molecule has 1 heterocycles. The van der Waals surface area contributed by atoms with Crippen LogP contribution in [0.4, 0.5) is 0 Å². The minimum absolute atomic E-state index is 0.0807. The molecule has 2 unspecified atom stereocenters. The van der Waals surface area contributed by atoms with Gasteiger partial charge in [-0.3, -0.25) is 4.79 Å². The van der Waals surface area contributed by atoms with E-state index < -0.39 is 0 Å². The van der Waals surface area contributed by atoms with E-state index in [0.29, 0.717) is 24.4 Å². The van der Waals surface area contributed by atoms with Crippen LogP contribution in [0.2, 0.25) is 0 Å². The van der Waals surface area contributed by atoms with E-state index in [2.05, 4.69) is 26.0 Å². The summed E-state index contributed by atoms with van der Waals surface area (Å²) in [5.74, 6) is 1.75. The van der Waals surface area contributed by atoms with Gasteiger partial charge in [-0.1, -0.05) is 12.5 Å². The first-order chi connectivity index (χ1) is 12.0. The van der Waals surface area contributed by atoms with Crippen LogP contribution in [0.5, 0.6) is 11.5 Å². The van der Waals surface area contributed by atoms with E-state index in [1.807, 2.05) is 6.07 Å². The average Bonchev–Trinajstić information content (AvgIpc) is 2.82. The number of phenolic OH excluding ortho intramolecular Hbond substituents is 1. The van der Waals surface area contributed by atoms with Gasteiger partial charge in [0.2, 0.25) is 0 Å². The van der Waals surface area contributed by atoms with E-state index in [1.165, 1.54) is 24.8 Å². The monoisotopic (exact) mass is 340 g/mol. The van der Waals surface area contributed by atoms with Crippen LogP contribution in [-0.2, 0) is 4.79 Å². The molecular formula is C22H28O3. The fourth-order valence-corrected chi connectivity index (χ4v) is 5.03. The summed E-state index contributed by atoms with van der Waals surface area (Å²) in [5, 5.41) is 10.8. The number of carbonyl (C=O) groups excluding carboxylic acids is 1. The third-order valence-electron chi connectivity index (χ3n) is 6.34. The Labute approximate surface area is 150 Å². The van der Waals surface area contributed by atoms with Gasteiger partial charge >= 0.3 is 0 Å². The zero-order valence-corrected chi connectivity index (χ0v) is 15.3. The summed E-state index contributed by atoms with van der Waals surface area (Å²) in [6.45, 7) is 4.25. The number of allylic oxidation sites excluding steroid dienone is 2. The zero-order chi connectivity index (χ0) is 17.6. The largest absolute Gasteiger partial charge is 0.507 e. The Kier molecular flexibility index (Phi) is 4.13. The Bertz CT molecular complexity index is 729. The van der Waals surface area contributed by atoms with Crippen molar-refractivity contribution in [3.05, 3.63) is 29.3 Å². The van der Waals surface area contributed by atoms with E-state index in [4.69, 9.17) is 4.74 Å². The van der Waals surface area contributed by atoms with Gasteiger partial charge in [-0.25, -0.2) is 0 Å². The molecule has 4 rings (SSSR count). The van der Waals surface area contributed by atoms with Gasteiger partial charge < -0.3 is 9.84 Å². The van der Waals surface area contributed by atoms with Crippen LogP contribution in [0, 0.1) is 5.92 Å². The molecule has 3 aliphatic rings. The Morgan fingerprint density at radius 3 is 2.84 bits per heavy atom. The maximum Gasteiger partial charge on any atom is 0.133 e. The molecule has 0 saturated heterocycles. The molecule has 1 aliphatic heterocycles. The van der Waals surface area contributed by atoms with Crippen LogP contribution < -0.4 is 4.74 Å². The molecule has 0 aromatic heterocycles. The molecule has 2 atom stereocenters. The van der Waals surface area contributed by atoms with Crippen molar-refractivity contribution in [3.63, 3.8) is 0 Å². The SMILES string of the molecule is CC1(C)Oc2cc(C3=CCCCCC3)cc(O)c2C2CC(=O)CCC21. The molecule has 1 fully saturated rings. The smallest absolute Gasteiger partial charge is 0.133 e. The molecule has 1 aromatic rings. The van der Waals surface area contributed by atoms with Gasteiger partial charge in [0.05, 0.1) is 0 Å². The number of ether oxygens (including phenoxy) is 1. The average molecular weight is 340 g/mol. The number of aromatic hydroxyl groups is 1. The highest BCUT2D eigenvalue weighted by Crippen LogP contribution is 2.54. The number of Topliss-reactive ketones (excluding diaryl/α,β-unsaturated/α-hetero) is 1. The minimum Gasteiger partial charge on any atom is -0.507 e. The van der Waals surface area contributed by atoms with Crippen molar-refractivity contribution in [3.8, 4) is 11.5 Å². The lowest BCUT2D eigenvalue weighted by Gasteiger charge is -2.47. The molecule has 1 N–H and O–H groups in total. The van der Waals surface area contributed by atoms with Gasteiger partial charge in [0.15, 0.2) is 0 Å². The van der Waals surface area contributed by atoms with Crippen molar-refractivity contribution in [2.45, 2.75) is 76.7 Å². The summed E-state index contributed by atoms with van der Waals surface area (Å²) in [6.07, 6.45) is 10.2. The molecule has 0 bridgehead atoms. The summed E-state index contributed by atoms with van der Waals surface area (Å²) in [7, 11) is 0. The standard InChI is InChI=1S/C22H28O3/c1-22(2)18-10-9-16(23)13-17(18)21-19(24)11-15(12-20(21)25-22)14-7-5-3-4-6-8-14/h7,11-12,17-18,24H,3-6,8-10,13H2,1-2H3. The lowest BCUT2D eigenvalue weighted by molar-refractivity contribution is -0.124. The molecule has 134 valence electrons. The number of benzene rings is 1. The fourth-order valence-electron chi connectivity index (χ4n) is 5.03. The lowest BCUT2D eigenvalue weighted by Crippen LogP contribution is -2.47. The molecule has 0 radical (unpaired) electrons. The second kappa shape index (κ2) is 6.19. The number of hydrogen-bond donors (Lipinski definition) is 1. The van der Waals surface area contributed by atoms with E-state index in [-0.39, 0.29) is 17.4 Å². The van der Waals surface area contributed by atoms with Crippen molar-refractivity contribution in [2.75, 3.05) is 0 Å². The van der Waals surface area contributed by atoms with Gasteiger partial charge in [-0.15, -0.1) is 0 Å². The highest BCUT2D eigenvalue weighted by atomic mass is 16.5. The van der Waals surface area contributed by atoms with Gasteiger partial charge in [0.25, 0.3) is 0 Å². The van der Waals surface area contributed by atoms with Crippen LogP contribution in [-0.4, -0.2) is 16.5 Å². The number of fused-ring (bicyclic) bond motifs is 3. The second-order valence-corrected chi connectivity index (χ2v) is 8.44. The summed E-state index contributed by atoms with van der Waals surface area (Å²) < 4.78 is 6.37. The molecular weight excluding hydrogens is 312 g/mol. The number of ketones is 1. The number of hydrogen-bond acceptors (Lipinski definition) is 3. The highest BCUT2D eigenvalue weighted by molar-refractivity contribution is 5.81. The van der Waals surface area contributed by atoms with Crippen LogP contribution in [0.25, 0.3) is 5.57 Å². The third-order valence-corrected chi connectivity index (χ3v) is 6.34. The van der Waals surface area contributed by atoms with Crippen molar-refractivity contribution >= 4 is 11.4 Å². The number of phenols is 1. The van der Waals surface area contributed by atoms with Crippen LogP contribution in [0.1, 0.15) is 82.3 Å². The Balaban J connectivity index is 1.78. The molecule has 25 heavy (non-hydrogen) atoms. The van der Waals surface area contributed by atoms with Gasteiger partial charge in [0.1, 0.15) is 22.9 Å². The molecule has 0 spiro atoms. The first kappa shape index (κ1) is 16.7. The van der Waals surface area contributed by atoms with Gasteiger partial charge in [-0.05, 0) is 69.2 Å². The lowest BCUT2D eigenvalue weighted by atomic mass is 9.66. The predicted octanol–water partition coefficient (Wildman–Crippen LogP) is 5.36. The normalized spacial score (nSPS) is 28.2. The Morgan fingerprint density at radius 1 is 1.16 bits per heavy atom. The summed E-state index contributed by atoms with van der Waals surface area (Å²) in [5.41, 5.74) is 2.95. The van der Waals surface area contributed by atoms with Crippen LogP contribution >= 0.6 is 0 Å². The third kappa shape index (κ3) is 2.98. The van der Waals surface area contributed by atoms with Crippen molar-refractivity contribution in [1.82, 2.24) is 0 Å². The topological polar surface area (TPSA) is 46.5 Å².